The largest absolute Gasteiger partial charge is 0.456 e. The predicted molar refractivity (Wildman–Crippen MR) is 541 cm³/mol. The summed E-state index contributed by atoms with van der Waals surface area (Å²) in [5.74, 6) is 0.677. The Bertz CT molecular complexity index is 9140. The van der Waals surface area contributed by atoms with Crippen LogP contribution < -0.4 is 19.6 Å². The summed E-state index contributed by atoms with van der Waals surface area (Å²) in [6.45, 7) is 11.1. The van der Waals surface area contributed by atoms with Gasteiger partial charge in [0.1, 0.15) is 44.7 Å². The van der Waals surface area contributed by atoms with Gasteiger partial charge in [0.25, 0.3) is 0 Å². The molecule has 618 valence electrons. The van der Waals surface area contributed by atoms with E-state index in [4.69, 9.17) is 26.5 Å². The van der Waals surface area contributed by atoms with E-state index in [9.17, 15) is 0 Å². The van der Waals surface area contributed by atoms with Gasteiger partial charge < -0.3 is 46.1 Å². The molecule has 26 aromatic rings. The molecule has 6 heterocycles. The lowest BCUT2D eigenvalue weighted by Crippen LogP contribution is -2.11. The molecule has 0 radical (unpaired) electrons. The molecule has 26 rings (SSSR count). The minimum Gasteiger partial charge on any atom is -0.456 e. The first-order chi connectivity index (χ1) is 64.0. The third kappa shape index (κ3) is 11.6. The second-order valence-electron chi connectivity index (χ2n) is 35.3. The molecule has 0 spiro atoms. The zero-order chi connectivity index (χ0) is 86.3. The number of furan rings is 6. The van der Waals surface area contributed by atoms with Gasteiger partial charge in [-0.1, -0.05) is 294 Å². The number of anilines is 12. The summed E-state index contributed by atoms with van der Waals surface area (Å²) in [5.41, 5.74) is 26.9. The van der Waals surface area contributed by atoms with E-state index in [0.29, 0.717) is 18.3 Å². The summed E-state index contributed by atoms with van der Waals surface area (Å²) in [6, 6.07) is 138. The Labute approximate surface area is 747 Å². The van der Waals surface area contributed by atoms with Crippen LogP contribution in [0.2, 0.25) is 0 Å². The van der Waals surface area contributed by atoms with Crippen LogP contribution in [-0.2, 0) is 6.42 Å². The van der Waals surface area contributed by atoms with E-state index in [1.807, 2.05) is 18.2 Å². The van der Waals surface area contributed by atoms with Gasteiger partial charge in [-0.25, -0.2) is 0 Å². The lowest BCUT2D eigenvalue weighted by molar-refractivity contribution is 0.667. The third-order valence-corrected chi connectivity index (χ3v) is 27.1. The van der Waals surface area contributed by atoms with Crippen molar-refractivity contribution in [2.75, 3.05) is 19.6 Å². The zero-order valence-corrected chi connectivity index (χ0v) is 72.0. The van der Waals surface area contributed by atoms with Crippen molar-refractivity contribution in [2.24, 2.45) is 0 Å². The van der Waals surface area contributed by atoms with Crippen molar-refractivity contribution in [2.45, 2.75) is 52.9 Å². The molecule has 0 aliphatic rings. The van der Waals surface area contributed by atoms with Gasteiger partial charge >= 0.3 is 0 Å². The number of fused-ring (bicyclic) bond motifs is 26. The molecule has 0 N–H and O–H groups in total. The molecule has 6 aromatic heterocycles. The van der Waals surface area contributed by atoms with E-state index in [0.717, 1.165) is 254 Å². The van der Waals surface area contributed by atoms with Crippen LogP contribution in [0.15, 0.2) is 409 Å². The maximum absolute atomic E-state index is 7.52. The molecule has 10 nitrogen and oxygen atoms in total. The number of benzene rings is 20. The number of hydrogen-bond acceptors (Lipinski definition) is 10. The van der Waals surface area contributed by atoms with E-state index in [2.05, 4.69) is 418 Å². The van der Waals surface area contributed by atoms with Crippen LogP contribution >= 0.6 is 0 Å². The molecule has 0 aliphatic carbocycles. The first-order valence-electron chi connectivity index (χ1n) is 44.8. The maximum atomic E-state index is 7.52. The smallest absolute Gasteiger partial charge is 0.159 e. The van der Waals surface area contributed by atoms with Crippen molar-refractivity contribution in [3.05, 3.63) is 410 Å². The Kier molecular flexibility index (Phi) is 16.8. The molecule has 0 fully saturated rings. The second kappa shape index (κ2) is 29.3. The molecule has 0 amide bonds. The Morgan fingerprint density at radius 1 is 0.200 bits per heavy atom. The monoisotopic (exact) mass is 1670 g/mol. The lowest BCUT2D eigenvalue weighted by Gasteiger charge is -2.27. The van der Waals surface area contributed by atoms with Crippen LogP contribution in [0.1, 0.15) is 67.3 Å². The van der Waals surface area contributed by atoms with Crippen LogP contribution in [0.5, 0.6) is 0 Å². The summed E-state index contributed by atoms with van der Waals surface area (Å²) in [6.07, 6.45) is 0.621. The summed E-state index contributed by atoms with van der Waals surface area (Å²) in [5, 5.41) is 21.2. The molecular weight excluding hydrogens is 1590 g/mol. The highest BCUT2D eigenvalue weighted by Crippen LogP contribution is 2.56. The van der Waals surface area contributed by atoms with Gasteiger partial charge in [0.15, 0.2) is 22.3 Å². The Balaban J connectivity index is 0.611. The third-order valence-electron chi connectivity index (χ3n) is 27.1. The average molecular weight is 1680 g/mol. The molecule has 10 heteroatoms. The lowest BCUT2D eigenvalue weighted by atomic mass is 9.96. The standard InChI is InChI=1S/C120H82N4O6/c1-70(2)74-53-61-79(62-54-74)123(98-43-23-39-94-87-32-16-19-47-106(87)129-119(94)98)102-68-110-115(90-35-12-8-28-83(90)102)116-91-36-13-9-29-84(91)103(69-111(116)126-110)124(80-63-55-75(56-64-80)71(3)4)99-44-24-40-95-112-76(25-20-48-107(112)130-120(95)99)65-73-51-59-78(60-52-73)122(97-42-22-38-93-86-31-15-18-46-105(86)128-118(93)97)101-67-109-114(89-34-11-7-27-82(89)101)113-88-33-10-6-26-81(88)100(66-108(113)125-109)121(77-57-49-72(5)50-58-77)96-41-21-37-92-85-30-14-17-45-104(85)127-117(92)96/h6-64,66-71H,65H2,1-5H3. The van der Waals surface area contributed by atoms with Crippen molar-refractivity contribution in [1.29, 1.82) is 0 Å². The van der Waals surface area contributed by atoms with E-state index in [1.54, 1.807) is 0 Å². The number of aryl methyl sites for hydroxylation is 1. The van der Waals surface area contributed by atoms with Crippen molar-refractivity contribution in [3.63, 3.8) is 0 Å². The van der Waals surface area contributed by atoms with Crippen LogP contribution in [0.3, 0.4) is 0 Å². The number of para-hydroxylation sites is 7. The predicted octanol–water partition coefficient (Wildman–Crippen LogP) is 35.7. The molecule has 0 saturated carbocycles. The first-order valence-corrected chi connectivity index (χ1v) is 44.8. The van der Waals surface area contributed by atoms with E-state index >= 15 is 0 Å². The average Bonchev–Trinajstić information content (AvgIpc) is 1.53. The Morgan fingerprint density at radius 2 is 0.462 bits per heavy atom. The zero-order valence-electron chi connectivity index (χ0n) is 72.0. The highest BCUT2D eigenvalue weighted by Gasteiger charge is 2.32. The normalized spacial score (nSPS) is 12.2. The van der Waals surface area contributed by atoms with E-state index in [-0.39, 0.29) is 0 Å². The number of rotatable bonds is 16. The topological polar surface area (TPSA) is 91.8 Å². The molecule has 0 unspecified atom stereocenters. The summed E-state index contributed by atoms with van der Waals surface area (Å²) in [4.78, 5) is 9.46. The van der Waals surface area contributed by atoms with Gasteiger partial charge in [0.2, 0.25) is 0 Å². The minimum absolute atomic E-state index is 0.320. The van der Waals surface area contributed by atoms with E-state index < -0.39 is 0 Å². The molecule has 0 aliphatic heterocycles. The van der Waals surface area contributed by atoms with Gasteiger partial charge in [-0.15, -0.1) is 0 Å². The highest BCUT2D eigenvalue weighted by molar-refractivity contribution is 6.33. The fourth-order valence-corrected chi connectivity index (χ4v) is 20.9. The SMILES string of the molecule is Cc1ccc(N(c2cc3oc4cc(N(c5ccc(Cc6cccc7oc8c(N(c9ccc(C(C)C)cc9)c9cc%10oc%11cc(N(c%12ccc(C(C)C)cc%12)c%12cccc%13c%12oc%12ccccc%12%13)c%12ccccc%12c%11c%10c%10ccccc9%10)cccc8c67)cc5)c5cccc6c5oc5ccccc56)c5ccccc5c4c3c3ccccc23)c2cccc3c2oc2ccccc23)cc1. The highest BCUT2D eigenvalue weighted by atomic mass is 16.4. The van der Waals surface area contributed by atoms with Crippen molar-refractivity contribution < 1.29 is 26.5 Å². The maximum Gasteiger partial charge on any atom is 0.159 e. The van der Waals surface area contributed by atoms with Gasteiger partial charge in [-0.2, -0.15) is 0 Å². The molecule has 0 saturated heterocycles. The molecule has 0 bridgehead atoms. The van der Waals surface area contributed by atoms with Crippen LogP contribution in [0.25, 0.3) is 175 Å². The fraction of sp³-hybridized carbons (Fsp3) is 0.0667. The molecule has 130 heavy (non-hydrogen) atoms. The van der Waals surface area contributed by atoms with E-state index in [1.165, 1.54) is 16.7 Å². The molecule has 0 atom stereocenters. The second-order valence-corrected chi connectivity index (χ2v) is 35.3. The number of hydrogen-bond donors (Lipinski definition) is 0. The van der Waals surface area contributed by atoms with Gasteiger partial charge in [-0.3, -0.25) is 0 Å². The molecular formula is C120H82N4O6. The quantitative estimate of drug-likeness (QED) is 0.0931. The number of nitrogens with zero attached hydrogens (tertiary/aromatic N) is 4. The van der Waals surface area contributed by atoms with Crippen LogP contribution in [0, 0.1) is 6.92 Å². The van der Waals surface area contributed by atoms with Gasteiger partial charge in [0, 0.05) is 133 Å². The van der Waals surface area contributed by atoms with Gasteiger partial charge in [-0.05, 0) is 166 Å². The van der Waals surface area contributed by atoms with Gasteiger partial charge in [0.05, 0.1) is 45.5 Å². The van der Waals surface area contributed by atoms with Crippen molar-refractivity contribution >= 4 is 243 Å². The Morgan fingerprint density at radius 3 is 0.800 bits per heavy atom. The first kappa shape index (κ1) is 74.8. The minimum atomic E-state index is 0.320. The van der Waals surface area contributed by atoms with Crippen molar-refractivity contribution in [3.8, 4) is 0 Å². The van der Waals surface area contributed by atoms with Crippen LogP contribution in [0.4, 0.5) is 68.2 Å². The summed E-state index contributed by atoms with van der Waals surface area (Å²) < 4.78 is 43.2. The molecule has 20 aromatic carbocycles. The summed E-state index contributed by atoms with van der Waals surface area (Å²) >= 11 is 0. The fourth-order valence-electron chi connectivity index (χ4n) is 20.9. The summed E-state index contributed by atoms with van der Waals surface area (Å²) in [7, 11) is 0. The van der Waals surface area contributed by atoms with Crippen molar-refractivity contribution in [1.82, 2.24) is 0 Å². The Hall–Kier alpha value is -16.6. The van der Waals surface area contributed by atoms with Crippen LogP contribution in [-0.4, -0.2) is 0 Å².